The first-order chi connectivity index (χ1) is 11.5. The molecule has 1 atom stereocenters. The summed E-state index contributed by atoms with van der Waals surface area (Å²) in [5, 5.41) is 11.1. The van der Waals surface area contributed by atoms with Gasteiger partial charge in [-0.25, -0.2) is 0 Å². The molecule has 0 unspecified atom stereocenters. The molecule has 1 aromatic heterocycles. The Hall–Kier alpha value is -1.15. The van der Waals surface area contributed by atoms with E-state index in [9.17, 15) is 9.59 Å². The van der Waals surface area contributed by atoms with Crippen molar-refractivity contribution in [3.05, 3.63) is 22.4 Å². The largest absolute Gasteiger partial charge is 0.394 e. The van der Waals surface area contributed by atoms with E-state index in [0.29, 0.717) is 26.1 Å². The van der Waals surface area contributed by atoms with Crippen LogP contribution >= 0.6 is 23.7 Å². The van der Waals surface area contributed by atoms with E-state index >= 15 is 0 Å². The van der Waals surface area contributed by atoms with Crippen LogP contribution < -0.4 is 5.73 Å². The molecule has 0 radical (unpaired) electrons. The fraction of sp³-hybridized carbons (Fsp3) is 0.647. The Morgan fingerprint density at radius 1 is 1.36 bits per heavy atom. The zero-order chi connectivity index (χ0) is 17.2. The molecule has 2 aliphatic heterocycles. The molecule has 3 rings (SSSR count). The van der Waals surface area contributed by atoms with Crippen LogP contribution in [0.2, 0.25) is 0 Å². The average Bonchev–Trinajstić information content (AvgIpc) is 3.11. The second-order valence-corrected chi connectivity index (χ2v) is 7.98. The Kier molecular flexibility index (Phi) is 6.85. The first-order valence-electron chi connectivity index (χ1n) is 8.48. The number of amides is 2. The lowest BCUT2D eigenvalue weighted by atomic mass is 9.72. The first kappa shape index (κ1) is 20.2. The molecule has 2 aliphatic rings. The molecule has 2 amide bonds. The minimum absolute atomic E-state index is 0. The normalized spacial score (nSPS) is 21.1. The summed E-state index contributed by atoms with van der Waals surface area (Å²) < 4.78 is 0. The molecule has 2 fully saturated rings. The van der Waals surface area contributed by atoms with E-state index in [-0.39, 0.29) is 36.2 Å². The van der Waals surface area contributed by atoms with E-state index < -0.39 is 6.04 Å². The van der Waals surface area contributed by atoms with Crippen LogP contribution in [-0.2, 0) is 16.1 Å². The molecule has 0 aromatic carbocycles. The van der Waals surface area contributed by atoms with Gasteiger partial charge in [-0.15, -0.1) is 23.7 Å². The fourth-order valence-corrected chi connectivity index (χ4v) is 4.48. The van der Waals surface area contributed by atoms with E-state index in [2.05, 4.69) is 6.07 Å². The molecular weight excluding hydrogens is 362 g/mol. The lowest BCUT2D eigenvalue weighted by molar-refractivity contribution is -0.143. The Morgan fingerprint density at radius 2 is 2.08 bits per heavy atom. The molecule has 1 aromatic rings. The highest BCUT2D eigenvalue weighted by molar-refractivity contribution is 7.09. The number of hydrogen-bond acceptors (Lipinski definition) is 5. The van der Waals surface area contributed by atoms with Crippen molar-refractivity contribution in [3.8, 4) is 0 Å². The molecule has 3 heterocycles. The van der Waals surface area contributed by atoms with Crippen LogP contribution in [0, 0.1) is 5.41 Å². The summed E-state index contributed by atoms with van der Waals surface area (Å²) in [6.07, 6.45) is 3.28. The van der Waals surface area contributed by atoms with Crippen molar-refractivity contribution in [2.45, 2.75) is 38.3 Å². The number of carbonyl (C=O) groups is 2. The number of rotatable bonds is 4. The summed E-state index contributed by atoms with van der Waals surface area (Å²) in [6.45, 7) is 2.47. The summed E-state index contributed by atoms with van der Waals surface area (Å²) in [5.41, 5.74) is 5.76. The van der Waals surface area contributed by atoms with Gasteiger partial charge in [0.2, 0.25) is 11.8 Å². The topological polar surface area (TPSA) is 86.9 Å². The SMILES string of the molecule is Cl.N[C@@H](CO)C(=O)N1CCC2(CCC(=O)N(Cc3cccs3)C2)CC1. The molecule has 25 heavy (non-hydrogen) atoms. The average molecular weight is 388 g/mol. The molecule has 1 spiro atoms. The monoisotopic (exact) mass is 387 g/mol. The van der Waals surface area contributed by atoms with Gasteiger partial charge in [0.15, 0.2) is 0 Å². The standard InChI is InChI=1S/C17H25N3O3S.ClH/c18-14(11-21)16(23)19-7-5-17(6-8-19)4-3-15(22)20(12-17)10-13-2-1-9-24-13;/h1-2,9,14,21H,3-8,10-12,18H2;1H/t14-;/m0./s1. The van der Waals surface area contributed by atoms with Crippen LogP contribution in [0.15, 0.2) is 17.5 Å². The number of nitrogens with zero attached hydrogens (tertiary/aromatic N) is 2. The Balaban J connectivity index is 0.00000225. The van der Waals surface area contributed by atoms with Gasteiger partial charge in [-0.3, -0.25) is 9.59 Å². The number of halogens is 1. The minimum Gasteiger partial charge on any atom is -0.394 e. The smallest absolute Gasteiger partial charge is 0.241 e. The summed E-state index contributed by atoms with van der Waals surface area (Å²) >= 11 is 1.68. The van der Waals surface area contributed by atoms with Crippen LogP contribution in [0.3, 0.4) is 0 Å². The number of nitrogens with two attached hydrogens (primary N) is 1. The zero-order valence-corrected chi connectivity index (χ0v) is 15.9. The highest BCUT2D eigenvalue weighted by Crippen LogP contribution is 2.40. The van der Waals surface area contributed by atoms with Gasteiger partial charge in [0.05, 0.1) is 13.2 Å². The quantitative estimate of drug-likeness (QED) is 0.813. The molecule has 6 nitrogen and oxygen atoms in total. The molecular formula is C17H26ClN3O3S. The number of hydrogen-bond donors (Lipinski definition) is 2. The lowest BCUT2D eigenvalue weighted by Crippen LogP contribution is -2.54. The maximum Gasteiger partial charge on any atom is 0.241 e. The molecule has 2 saturated heterocycles. The number of piperidine rings is 2. The summed E-state index contributed by atoms with van der Waals surface area (Å²) in [7, 11) is 0. The lowest BCUT2D eigenvalue weighted by Gasteiger charge is -2.47. The van der Waals surface area contributed by atoms with E-state index in [1.807, 2.05) is 16.3 Å². The van der Waals surface area contributed by atoms with Crippen molar-refractivity contribution in [1.29, 1.82) is 0 Å². The first-order valence-corrected chi connectivity index (χ1v) is 9.36. The number of aliphatic hydroxyl groups is 1. The van der Waals surface area contributed by atoms with Crippen LogP contribution in [-0.4, -0.2) is 59.0 Å². The molecule has 0 saturated carbocycles. The number of aliphatic hydroxyl groups excluding tert-OH is 1. The van der Waals surface area contributed by atoms with Crippen molar-refractivity contribution in [1.82, 2.24) is 9.80 Å². The maximum absolute atomic E-state index is 12.3. The molecule has 8 heteroatoms. The highest BCUT2D eigenvalue weighted by Gasteiger charge is 2.42. The van der Waals surface area contributed by atoms with Crippen molar-refractivity contribution in [3.63, 3.8) is 0 Å². The van der Waals surface area contributed by atoms with Crippen LogP contribution in [0.4, 0.5) is 0 Å². The third kappa shape index (κ3) is 4.53. The fourth-order valence-electron chi connectivity index (χ4n) is 3.76. The van der Waals surface area contributed by atoms with Gasteiger partial charge in [0.25, 0.3) is 0 Å². The van der Waals surface area contributed by atoms with E-state index in [4.69, 9.17) is 10.8 Å². The highest BCUT2D eigenvalue weighted by atomic mass is 35.5. The molecule has 0 bridgehead atoms. The number of likely N-dealkylation sites (tertiary alicyclic amines) is 2. The predicted molar refractivity (Wildman–Crippen MR) is 99.5 cm³/mol. The van der Waals surface area contributed by atoms with Crippen molar-refractivity contribution in [2.75, 3.05) is 26.2 Å². The van der Waals surface area contributed by atoms with Crippen molar-refractivity contribution in [2.24, 2.45) is 11.1 Å². The number of carbonyl (C=O) groups excluding carboxylic acids is 2. The Morgan fingerprint density at radius 3 is 2.68 bits per heavy atom. The Bertz CT molecular complexity index is 588. The molecule has 3 N–H and O–H groups in total. The second-order valence-electron chi connectivity index (χ2n) is 6.94. The van der Waals surface area contributed by atoms with Gasteiger partial charge in [0, 0.05) is 30.9 Å². The van der Waals surface area contributed by atoms with Gasteiger partial charge in [-0.05, 0) is 36.1 Å². The number of thiophene rings is 1. The van der Waals surface area contributed by atoms with Crippen LogP contribution in [0.1, 0.15) is 30.6 Å². The van der Waals surface area contributed by atoms with E-state index in [0.717, 1.165) is 25.8 Å². The van der Waals surface area contributed by atoms with Gasteiger partial charge in [0.1, 0.15) is 6.04 Å². The van der Waals surface area contributed by atoms with Gasteiger partial charge in [-0.2, -0.15) is 0 Å². The molecule has 0 aliphatic carbocycles. The summed E-state index contributed by atoms with van der Waals surface area (Å²) in [4.78, 5) is 29.3. The van der Waals surface area contributed by atoms with Crippen LogP contribution in [0.25, 0.3) is 0 Å². The maximum atomic E-state index is 12.3. The van der Waals surface area contributed by atoms with E-state index in [1.165, 1.54) is 4.88 Å². The van der Waals surface area contributed by atoms with Crippen LogP contribution in [0.5, 0.6) is 0 Å². The predicted octanol–water partition coefficient (Wildman–Crippen LogP) is 1.22. The van der Waals surface area contributed by atoms with Crippen molar-refractivity contribution < 1.29 is 14.7 Å². The third-order valence-corrected chi connectivity index (χ3v) is 6.19. The minimum atomic E-state index is -0.817. The third-order valence-electron chi connectivity index (χ3n) is 5.32. The van der Waals surface area contributed by atoms with E-state index in [1.54, 1.807) is 16.2 Å². The van der Waals surface area contributed by atoms with Gasteiger partial charge >= 0.3 is 0 Å². The zero-order valence-electron chi connectivity index (χ0n) is 14.2. The second kappa shape index (κ2) is 8.49. The van der Waals surface area contributed by atoms with Crippen molar-refractivity contribution >= 4 is 35.6 Å². The summed E-state index contributed by atoms with van der Waals surface area (Å²) in [5.74, 6) is 0.0597. The Labute approximate surface area is 158 Å². The summed E-state index contributed by atoms with van der Waals surface area (Å²) in [6, 6.07) is 3.26. The molecule has 140 valence electrons. The van der Waals surface area contributed by atoms with Gasteiger partial charge < -0.3 is 20.6 Å². The van der Waals surface area contributed by atoms with Gasteiger partial charge in [-0.1, -0.05) is 6.07 Å².